The van der Waals surface area contributed by atoms with Gasteiger partial charge in [-0.05, 0) is 42.5 Å². The number of hydrogen-bond acceptors (Lipinski definition) is 3. The zero-order valence-corrected chi connectivity index (χ0v) is 14.1. The minimum atomic E-state index is -4.05. The van der Waals surface area contributed by atoms with E-state index in [0.717, 1.165) is 12.1 Å². The topological polar surface area (TPSA) is 57.9 Å². The smallest absolute Gasteiger partial charge is 0.216 e. The Morgan fingerprint density at radius 3 is 2.41 bits per heavy atom. The molecule has 2 aromatic carbocycles. The predicted octanol–water partition coefficient (Wildman–Crippen LogP) is 4.58. The Balaban J connectivity index is 2.59. The summed E-state index contributed by atoms with van der Waals surface area (Å²) in [7, 11) is -4.05. The van der Waals surface area contributed by atoms with Gasteiger partial charge in [0.15, 0.2) is 0 Å². The quantitative estimate of drug-likeness (QED) is 0.709. The van der Waals surface area contributed by atoms with Gasteiger partial charge in [-0.2, -0.15) is 5.26 Å². The monoisotopic (exact) mass is 399 g/mol. The number of allylic oxidation sites excluding steroid dienone is 1. The fraction of sp³-hybridized carbons (Fsp3) is 0. The van der Waals surface area contributed by atoms with E-state index in [4.69, 9.17) is 16.9 Å². The zero-order chi connectivity index (χ0) is 16.3. The minimum Gasteiger partial charge on any atom is -0.218 e. The van der Waals surface area contributed by atoms with E-state index in [1.165, 1.54) is 36.4 Å². The molecule has 0 saturated carbocycles. The van der Waals surface area contributed by atoms with Gasteiger partial charge >= 0.3 is 0 Å². The van der Waals surface area contributed by atoms with Crippen LogP contribution in [0.4, 0.5) is 4.39 Å². The maximum Gasteiger partial charge on any atom is 0.216 e. The standard InChI is InChI=1S/C15H8BrClFNO2S/c16-10-4-6-11(7-5-10)22(20,21)12(9-19)8-13-14(17)2-1-3-15(13)18/h1-8H/b12-8+. The summed E-state index contributed by atoms with van der Waals surface area (Å²) in [5, 5.41) is 9.18. The Labute approximate surface area is 140 Å². The van der Waals surface area contributed by atoms with Crippen molar-refractivity contribution < 1.29 is 12.8 Å². The van der Waals surface area contributed by atoms with Crippen molar-refractivity contribution in [3.8, 4) is 6.07 Å². The second-order valence-corrected chi connectivity index (χ2v) is 7.45. The highest BCUT2D eigenvalue weighted by Crippen LogP contribution is 2.26. The van der Waals surface area contributed by atoms with E-state index in [1.54, 1.807) is 6.07 Å². The molecule has 0 aliphatic heterocycles. The molecule has 0 fully saturated rings. The lowest BCUT2D eigenvalue weighted by molar-refractivity contribution is 0.603. The molecule has 0 aromatic heterocycles. The van der Waals surface area contributed by atoms with Crippen molar-refractivity contribution in [3.05, 3.63) is 68.2 Å². The average molecular weight is 401 g/mol. The van der Waals surface area contributed by atoms with Gasteiger partial charge in [-0.15, -0.1) is 0 Å². The van der Waals surface area contributed by atoms with E-state index >= 15 is 0 Å². The third-order valence-corrected chi connectivity index (χ3v) is 5.34. The third-order valence-electron chi connectivity index (χ3n) is 2.80. The number of halogens is 3. The van der Waals surface area contributed by atoms with Crippen LogP contribution in [-0.2, 0) is 9.84 Å². The maximum absolute atomic E-state index is 13.8. The van der Waals surface area contributed by atoms with Crippen molar-refractivity contribution in [1.82, 2.24) is 0 Å². The molecule has 0 bridgehead atoms. The van der Waals surface area contributed by atoms with Crippen molar-refractivity contribution in [1.29, 1.82) is 5.26 Å². The van der Waals surface area contributed by atoms with Crippen molar-refractivity contribution in [2.75, 3.05) is 0 Å². The molecule has 2 aromatic rings. The highest BCUT2D eigenvalue weighted by molar-refractivity contribution is 9.10. The molecule has 0 saturated heterocycles. The summed E-state index contributed by atoms with van der Waals surface area (Å²) in [6, 6.07) is 11.3. The normalized spacial score (nSPS) is 12.0. The van der Waals surface area contributed by atoms with E-state index in [9.17, 15) is 12.8 Å². The lowest BCUT2D eigenvalue weighted by Gasteiger charge is -2.05. The molecule has 0 unspecified atom stereocenters. The average Bonchev–Trinajstić information content (AvgIpc) is 2.47. The molecule has 2 rings (SSSR count). The molecule has 0 heterocycles. The second kappa shape index (κ2) is 6.61. The van der Waals surface area contributed by atoms with Crippen molar-refractivity contribution >= 4 is 43.4 Å². The molecule has 0 radical (unpaired) electrons. The first-order valence-electron chi connectivity index (χ1n) is 5.92. The first-order chi connectivity index (χ1) is 10.4. The Kier molecular flexibility index (Phi) is 5.01. The second-order valence-electron chi connectivity index (χ2n) is 4.21. The van der Waals surface area contributed by atoms with Gasteiger partial charge in [0.05, 0.1) is 9.92 Å². The van der Waals surface area contributed by atoms with Crippen LogP contribution in [0.3, 0.4) is 0 Å². The van der Waals surface area contributed by atoms with Gasteiger partial charge in [-0.25, -0.2) is 12.8 Å². The molecule has 0 N–H and O–H groups in total. The molecule has 7 heteroatoms. The summed E-state index contributed by atoms with van der Waals surface area (Å²) >= 11 is 9.05. The lowest BCUT2D eigenvalue weighted by atomic mass is 10.2. The van der Waals surface area contributed by atoms with Gasteiger partial charge in [-0.1, -0.05) is 33.6 Å². The fourth-order valence-corrected chi connectivity index (χ4v) is 3.31. The molecule has 0 aliphatic carbocycles. The molecule has 3 nitrogen and oxygen atoms in total. The molecular weight excluding hydrogens is 393 g/mol. The summed E-state index contributed by atoms with van der Waals surface area (Å²) in [6.45, 7) is 0. The van der Waals surface area contributed by atoms with Crippen LogP contribution in [0.1, 0.15) is 5.56 Å². The molecule has 112 valence electrons. The van der Waals surface area contributed by atoms with Crippen molar-refractivity contribution in [2.24, 2.45) is 0 Å². The molecule has 0 atom stereocenters. The number of nitrogens with zero attached hydrogens (tertiary/aromatic N) is 1. The summed E-state index contributed by atoms with van der Waals surface area (Å²) in [5.74, 6) is -0.703. The Bertz CT molecular complexity index is 866. The fourth-order valence-electron chi connectivity index (χ4n) is 1.69. The van der Waals surface area contributed by atoms with Gasteiger partial charge in [0.2, 0.25) is 9.84 Å². The zero-order valence-electron chi connectivity index (χ0n) is 10.9. The van der Waals surface area contributed by atoms with Gasteiger partial charge in [0.25, 0.3) is 0 Å². The largest absolute Gasteiger partial charge is 0.218 e. The van der Waals surface area contributed by atoms with Crippen LogP contribution in [0.25, 0.3) is 6.08 Å². The first kappa shape index (κ1) is 16.7. The summed E-state index contributed by atoms with van der Waals surface area (Å²) < 4.78 is 39.3. The Hall–Kier alpha value is -1.68. The highest BCUT2D eigenvalue weighted by atomic mass is 79.9. The minimum absolute atomic E-state index is 0.0266. The molecule has 0 amide bonds. The Morgan fingerprint density at radius 1 is 1.23 bits per heavy atom. The van der Waals surface area contributed by atoms with Crippen LogP contribution in [0, 0.1) is 17.1 Å². The Morgan fingerprint density at radius 2 is 1.86 bits per heavy atom. The maximum atomic E-state index is 13.8. The van der Waals surface area contributed by atoms with Crippen LogP contribution in [0.15, 0.2) is 56.7 Å². The van der Waals surface area contributed by atoms with Gasteiger partial charge in [0, 0.05) is 10.0 Å². The van der Waals surface area contributed by atoms with Gasteiger partial charge in [-0.3, -0.25) is 0 Å². The van der Waals surface area contributed by atoms with Gasteiger partial charge < -0.3 is 0 Å². The number of sulfone groups is 1. The van der Waals surface area contributed by atoms with E-state index < -0.39 is 20.6 Å². The number of nitriles is 1. The van der Waals surface area contributed by atoms with E-state index in [2.05, 4.69) is 15.9 Å². The van der Waals surface area contributed by atoms with E-state index in [0.29, 0.717) is 4.47 Å². The predicted molar refractivity (Wildman–Crippen MR) is 86.3 cm³/mol. The molecule has 0 aliphatic rings. The molecule has 0 spiro atoms. The summed E-state index contributed by atoms with van der Waals surface area (Å²) in [5.41, 5.74) is -0.138. The van der Waals surface area contributed by atoms with Crippen LogP contribution < -0.4 is 0 Å². The van der Waals surface area contributed by atoms with Crippen LogP contribution in [-0.4, -0.2) is 8.42 Å². The summed E-state index contributed by atoms with van der Waals surface area (Å²) in [6.07, 6.45) is 0.940. The number of hydrogen-bond donors (Lipinski definition) is 0. The summed E-state index contributed by atoms with van der Waals surface area (Å²) in [4.78, 5) is -0.641. The first-order valence-corrected chi connectivity index (χ1v) is 8.58. The molecular formula is C15H8BrClFNO2S. The van der Waals surface area contributed by atoms with Crippen LogP contribution in [0.5, 0.6) is 0 Å². The number of benzene rings is 2. The van der Waals surface area contributed by atoms with Crippen LogP contribution in [0.2, 0.25) is 5.02 Å². The van der Waals surface area contributed by atoms with E-state index in [1.807, 2.05) is 0 Å². The number of rotatable bonds is 3. The highest BCUT2D eigenvalue weighted by Gasteiger charge is 2.21. The van der Waals surface area contributed by atoms with Crippen LogP contribution >= 0.6 is 27.5 Å². The third kappa shape index (κ3) is 3.38. The van der Waals surface area contributed by atoms with E-state index in [-0.39, 0.29) is 15.5 Å². The molecule has 22 heavy (non-hydrogen) atoms. The lowest BCUT2D eigenvalue weighted by Crippen LogP contribution is -2.03. The SMILES string of the molecule is N#C/C(=C\c1c(F)cccc1Cl)S(=O)(=O)c1ccc(Br)cc1. The van der Waals surface area contributed by atoms with Crippen molar-refractivity contribution in [3.63, 3.8) is 0 Å². The van der Waals surface area contributed by atoms with Gasteiger partial charge in [0.1, 0.15) is 16.8 Å². The van der Waals surface area contributed by atoms with Crippen molar-refractivity contribution in [2.45, 2.75) is 4.90 Å².